The number of hydrogen-bond acceptors (Lipinski definition) is 3. The van der Waals surface area contributed by atoms with Crippen molar-refractivity contribution >= 4 is 10.0 Å². The minimum atomic E-state index is -3.55. The Labute approximate surface area is 145 Å². The largest absolute Gasteiger partial charge is 0.496 e. The van der Waals surface area contributed by atoms with Gasteiger partial charge in [-0.15, -0.1) is 0 Å². The second kappa shape index (κ2) is 7.36. The number of hydrogen-bond donors (Lipinski definition) is 0. The first kappa shape index (κ1) is 18.5. The van der Waals surface area contributed by atoms with Gasteiger partial charge in [0.25, 0.3) is 0 Å². The molecule has 0 heterocycles. The van der Waals surface area contributed by atoms with E-state index in [1.807, 2.05) is 45.0 Å². The Kier molecular flexibility index (Phi) is 5.67. The van der Waals surface area contributed by atoms with Crippen LogP contribution < -0.4 is 4.74 Å². The van der Waals surface area contributed by atoms with Gasteiger partial charge >= 0.3 is 0 Å². The summed E-state index contributed by atoms with van der Waals surface area (Å²) in [7, 11) is -0.349. The second-order valence-electron chi connectivity index (χ2n) is 6.31. The van der Waals surface area contributed by atoms with Crippen molar-refractivity contribution in [3.8, 4) is 5.75 Å². The van der Waals surface area contributed by atoms with Crippen LogP contribution in [-0.4, -0.2) is 26.9 Å². The minimum absolute atomic E-state index is 0.178. The van der Waals surface area contributed by atoms with E-state index < -0.39 is 10.0 Å². The van der Waals surface area contributed by atoms with Crippen LogP contribution in [0.5, 0.6) is 5.75 Å². The summed E-state index contributed by atoms with van der Waals surface area (Å²) in [5.41, 5.74) is 3.01. The third-order valence-electron chi connectivity index (χ3n) is 4.06. The normalized spacial score (nSPS) is 12.0. The average molecular weight is 347 g/mol. The molecule has 0 spiro atoms. The van der Waals surface area contributed by atoms with Crippen LogP contribution in [0.1, 0.15) is 36.5 Å². The smallest absolute Gasteiger partial charge is 0.243 e. The van der Waals surface area contributed by atoms with Gasteiger partial charge in [-0.1, -0.05) is 43.7 Å². The summed E-state index contributed by atoms with van der Waals surface area (Å²) < 4.78 is 32.4. The van der Waals surface area contributed by atoms with Gasteiger partial charge in [0.2, 0.25) is 10.0 Å². The Hall–Kier alpha value is -1.85. The maximum Gasteiger partial charge on any atom is 0.243 e. The zero-order valence-corrected chi connectivity index (χ0v) is 15.7. The molecule has 0 aliphatic carbocycles. The highest BCUT2D eigenvalue weighted by Gasteiger charge is 2.23. The Morgan fingerprint density at radius 2 is 1.71 bits per heavy atom. The molecular weight excluding hydrogens is 322 g/mol. The molecule has 2 rings (SSSR count). The summed E-state index contributed by atoms with van der Waals surface area (Å²) in [6, 6.07) is 12.9. The highest BCUT2D eigenvalue weighted by Crippen LogP contribution is 2.30. The van der Waals surface area contributed by atoms with Gasteiger partial charge in [-0.25, -0.2) is 8.42 Å². The second-order valence-corrected chi connectivity index (χ2v) is 8.35. The fourth-order valence-electron chi connectivity index (χ4n) is 2.54. The molecule has 0 fully saturated rings. The van der Waals surface area contributed by atoms with Crippen LogP contribution in [0.3, 0.4) is 0 Å². The SMILES string of the molecule is COc1ccc(S(=O)(=O)N(C)Cc2ccc(C)cc2)cc1C(C)C. The van der Waals surface area contributed by atoms with Crippen molar-refractivity contribution in [1.82, 2.24) is 4.31 Å². The van der Waals surface area contributed by atoms with E-state index in [-0.39, 0.29) is 5.92 Å². The van der Waals surface area contributed by atoms with Gasteiger partial charge in [0, 0.05) is 13.6 Å². The molecule has 0 N–H and O–H groups in total. The number of nitrogens with zero attached hydrogens (tertiary/aromatic N) is 1. The standard InChI is InChI=1S/C19H25NO3S/c1-14(2)18-12-17(10-11-19(18)23-5)24(21,22)20(4)13-16-8-6-15(3)7-9-16/h6-12,14H,13H2,1-5H3. The third-order valence-corrected chi connectivity index (χ3v) is 5.86. The van der Waals surface area contributed by atoms with Crippen LogP contribution in [0.25, 0.3) is 0 Å². The first-order valence-corrected chi connectivity index (χ1v) is 9.39. The van der Waals surface area contributed by atoms with Gasteiger partial charge in [-0.3, -0.25) is 0 Å². The summed E-state index contributed by atoms with van der Waals surface area (Å²) in [4.78, 5) is 0.293. The predicted octanol–water partition coefficient (Wildman–Crippen LogP) is 3.95. The molecule has 0 aromatic heterocycles. The zero-order valence-electron chi connectivity index (χ0n) is 14.9. The van der Waals surface area contributed by atoms with Crippen molar-refractivity contribution in [3.05, 3.63) is 59.2 Å². The van der Waals surface area contributed by atoms with Crippen LogP contribution in [-0.2, 0) is 16.6 Å². The van der Waals surface area contributed by atoms with E-state index in [0.717, 1.165) is 16.7 Å². The summed E-state index contributed by atoms with van der Waals surface area (Å²) in [5, 5.41) is 0. The molecule has 0 atom stereocenters. The molecule has 0 amide bonds. The maximum absolute atomic E-state index is 12.9. The van der Waals surface area contributed by atoms with E-state index in [1.165, 1.54) is 4.31 Å². The van der Waals surface area contributed by atoms with Gasteiger partial charge in [0.1, 0.15) is 5.75 Å². The van der Waals surface area contributed by atoms with Crippen molar-refractivity contribution in [1.29, 1.82) is 0 Å². The molecule has 0 aliphatic rings. The summed E-state index contributed by atoms with van der Waals surface area (Å²) in [5.74, 6) is 0.891. The molecule has 24 heavy (non-hydrogen) atoms. The van der Waals surface area contributed by atoms with Gasteiger partial charge in [-0.05, 0) is 42.2 Å². The van der Waals surface area contributed by atoms with Crippen molar-refractivity contribution in [3.63, 3.8) is 0 Å². The highest BCUT2D eigenvalue weighted by molar-refractivity contribution is 7.89. The topological polar surface area (TPSA) is 46.6 Å². The van der Waals surface area contributed by atoms with Crippen LogP contribution >= 0.6 is 0 Å². The van der Waals surface area contributed by atoms with Gasteiger partial charge < -0.3 is 4.74 Å². The summed E-state index contributed by atoms with van der Waals surface area (Å²) >= 11 is 0. The van der Waals surface area contributed by atoms with Crippen LogP contribution in [0.4, 0.5) is 0 Å². The fourth-order valence-corrected chi connectivity index (χ4v) is 3.73. The number of ether oxygens (including phenoxy) is 1. The molecule has 0 bridgehead atoms. The third kappa shape index (κ3) is 3.97. The molecule has 0 aliphatic heterocycles. The van der Waals surface area contributed by atoms with E-state index in [9.17, 15) is 8.42 Å². The van der Waals surface area contributed by atoms with Crippen LogP contribution in [0.2, 0.25) is 0 Å². The number of aryl methyl sites for hydroxylation is 1. The Morgan fingerprint density at radius 3 is 2.25 bits per heavy atom. The summed E-state index contributed by atoms with van der Waals surface area (Å²) in [6.45, 7) is 6.38. The van der Waals surface area contributed by atoms with Crippen LogP contribution in [0.15, 0.2) is 47.4 Å². The lowest BCUT2D eigenvalue weighted by Gasteiger charge is -2.19. The molecule has 0 saturated heterocycles. The molecule has 130 valence electrons. The number of methoxy groups -OCH3 is 1. The van der Waals surface area contributed by atoms with E-state index in [1.54, 1.807) is 32.4 Å². The highest BCUT2D eigenvalue weighted by atomic mass is 32.2. The number of rotatable bonds is 6. The lowest BCUT2D eigenvalue weighted by molar-refractivity contribution is 0.407. The Balaban J connectivity index is 2.32. The first-order valence-electron chi connectivity index (χ1n) is 7.95. The average Bonchev–Trinajstić information content (AvgIpc) is 2.56. The molecular formula is C19H25NO3S. The van der Waals surface area contributed by atoms with Crippen LogP contribution in [0, 0.1) is 6.92 Å². The molecule has 2 aromatic carbocycles. The monoisotopic (exact) mass is 347 g/mol. The molecule has 5 heteroatoms. The molecule has 2 aromatic rings. The summed E-state index contributed by atoms with van der Waals surface area (Å²) in [6.07, 6.45) is 0. The maximum atomic E-state index is 12.9. The Morgan fingerprint density at radius 1 is 1.08 bits per heavy atom. The predicted molar refractivity (Wildman–Crippen MR) is 96.9 cm³/mol. The van der Waals surface area contributed by atoms with E-state index in [2.05, 4.69) is 0 Å². The minimum Gasteiger partial charge on any atom is -0.496 e. The van der Waals surface area contributed by atoms with Crippen molar-refractivity contribution < 1.29 is 13.2 Å². The van der Waals surface area contributed by atoms with Crippen molar-refractivity contribution in [2.24, 2.45) is 0 Å². The zero-order chi connectivity index (χ0) is 17.9. The van der Waals surface area contributed by atoms with Gasteiger partial charge in [0.15, 0.2) is 0 Å². The molecule has 0 radical (unpaired) electrons. The fraction of sp³-hybridized carbons (Fsp3) is 0.368. The van der Waals surface area contributed by atoms with Crippen molar-refractivity contribution in [2.75, 3.05) is 14.2 Å². The molecule has 0 unspecified atom stereocenters. The first-order chi connectivity index (χ1) is 11.3. The number of sulfonamides is 1. The van der Waals surface area contributed by atoms with Crippen molar-refractivity contribution in [2.45, 2.75) is 38.1 Å². The number of benzene rings is 2. The molecule has 4 nitrogen and oxygen atoms in total. The van der Waals surface area contributed by atoms with Gasteiger partial charge in [-0.2, -0.15) is 4.31 Å². The van der Waals surface area contributed by atoms with Gasteiger partial charge in [0.05, 0.1) is 12.0 Å². The molecule has 0 saturated carbocycles. The lowest BCUT2D eigenvalue weighted by Crippen LogP contribution is -2.26. The Bertz CT molecular complexity index is 796. The lowest BCUT2D eigenvalue weighted by atomic mass is 10.0. The van der Waals surface area contributed by atoms with E-state index in [0.29, 0.717) is 17.2 Å². The van der Waals surface area contributed by atoms with E-state index in [4.69, 9.17) is 4.74 Å². The quantitative estimate of drug-likeness (QED) is 0.795. The van der Waals surface area contributed by atoms with E-state index >= 15 is 0 Å².